The van der Waals surface area contributed by atoms with Gasteiger partial charge in [0.15, 0.2) is 0 Å². The van der Waals surface area contributed by atoms with Gasteiger partial charge in [0.1, 0.15) is 17.5 Å². The number of amides is 3. The summed E-state index contributed by atoms with van der Waals surface area (Å²) >= 11 is 0. The van der Waals surface area contributed by atoms with Gasteiger partial charge in [0.25, 0.3) is 0 Å². The Hall–Kier alpha value is -5.15. The maximum absolute atomic E-state index is 14.2. The molecule has 2 N–H and O–H groups in total. The van der Waals surface area contributed by atoms with Crippen molar-refractivity contribution in [2.75, 3.05) is 44.7 Å². The predicted molar refractivity (Wildman–Crippen MR) is 202 cm³/mol. The largest absolute Gasteiger partial charge is 0.497 e. The number of benzene rings is 4. The van der Waals surface area contributed by atoms with Gasteiger partial charge in [-0.25, -0.2) is 0 Å². The molecule has 9 nitrogen and oxygen atoms in total. The molecule has 1 saturated carbocycles. The molecule has 5 rings (SSSR count). The smallest absolute Gasteiger partial charge is 0.249 e. The van der Waals surface area contributed by atoms with Crippen LogP contribution in [0.5, 0.6) is 11.5 Å². The van der Waals surface area contributed by atoms with Crippen LogP contribution in [0.2, 0.25) is 0 Å². The van der Waals surface area contributed by atoms with Gasteiger partial charge >= 0.3 is 0 Å². The number of carbonyl (C=O) groups is 3. The summed E-state index contributed by atoms with van der Waals surface area (Å²) in [5.41, 5.74) is 3.49. The lowest BCUT2D eigenvalue weighted by atomic mass is 9.78. The molecule has 0 saturated heterocycles. The van der Waals surface area contributed by atoms with Crippen molar-refractivity contribution in [1.29, 1.82) is 0 Å². The summed E-state index contributed by atoms with van der Waals surface area (Å²) in [6.07, 6.45) is 4.40. The molecule has 0 bridgehead atoms. The summed E-state index contributed by atoms with van der Waals surface area (Å²) in [5, 5.41) is 6.75. The number of carbonyl (C=O) groups excluding carboxylic acids is 3. The topological polar surface area (TPSA) is 100 Å². The monoisotopic (exact) mass is 690 g/mol. The fraction of sp³-hybridized carbons (Fsp3) is 0.357. The minimum absolute atomic E-state index is 0.00270. The maximum atomic E-state index is 14.2. The van der Waals surface area contributed by atoms with Crippen molar-refractivity contribution in [3.05, 3.63) is 120 Å². The number of methoxy groups -OCH3 is 2. The Morgan fingerprint density at radius 1 is 0.647 bits per heavy atom. The zero-order valence-corrected chi connectivity index (χ0v) is 30.1. The molecule has 3 amide bonds. The highest BCUT2D eigenvalue weighted by Gasteiger charge is 2.35. The molecule has 0 heterocycles. The maximum Gasteiger partial charge on any atom is 0.249 e. The Kier molecular flexibility index (Phi) is 13.2. The van der Waals surface area contributed by atoms with Crippen molar-refractivity contribution in [3.63, 3.8) is 0 Å². The van der Waals surface area contributed by atoms with Crippen LogP contribution in [0, 0.1) is 11.8 Å². The van der Waals surface area contributed by atoms with Crippen molar-refractivity contribution in [3.8, 4) is 11.5 Å². The lowest BCUT2D eigenvalue weighted by molar-refractivity contribution is -0.132. The number of nitrogens with zero attached hydrogens (tertiary/aromatic N) is 2. The highest BCUT2D eigenvalue weighted by atomic mass is 16.5. The van der Waals surface area contributed by atoms with Gasteiger partial charge in [0, 0.05) is 37.8 Å². The van der Waals surface area contributed by atoms with E-state index in [1.54, 1.807) is 38.1 Å². The van der Waals surface area contributed by atoms with E-state index < -0.39 is 12.1 Å². The lowest BCUT2D eigenvalue weighted by Gasteiger charge is -2.34. The normalized spacial score (nSPS) is 16.7. The fourth-order valence-electron chi connectivity index (χ4n) is 6.85. The first-order valence-electron chi connectivity index (χ1n) is 17.7. The van der Waals surface area contributed by atoms with Crippen LogP contribution >= 0.6 is 0 Å². The average Bonchev–Trinajstić information content (AvgIpc) is 3.19. The zero-order chi connectivity index (χ0) is 36.2. The summed E-state index contributed by atoms with van der Waals surface area (Å²) < 4.78 is 10.6. The van der Waals surface area contributed by atoms with Crippen LogP contribution in [0.15, 0.2) is 109 Å². The van der Waals surface area contributed by atoms with Gasteiger partial charge in [-0.1, -0.05) is 73.5 Å². The fourth-order valence-corrected chi connectivity index (χ4v) is 6.85. The predicted octanol–water partition coefficient (Wildman–Crippen LogP) is 6.06. The average molecular weight is 691 g/mol. The molecule has 0 aromatic heterocycles. The van der Waals surface area contributed by atoms with Gasteiger partial charge in [-0.2, -0.15) is 0 Å². The van der Waals surface area contributed by atoms with Crippen molar-refractivity contribution < 1.29 is 23.9 Å². The SMILES string of the molecule is COc1ccc(N(C)C(=O)[C@H](Cc2ccccc2)NCC2CCCCC2C(=O)N[C@@H](Cc2ccccc2)C(=O)N(C)c2ccc(OC)cc2)cc1. The minimum Gasteiger partial charge on any atom is -0.497 e. The van der Waals surface area contributed by atoms with Crippen LogP contribution in [-0.2, 0) is 27.2 Å². The highest BCUT2D eigenvalue weighted by molar-refractivity contribution is 5.99. The summed E-state index contributed by atoms with van der Waals surface area (Å²) in [7, 11) is 6.73. The Bertz CT molecular complexity index is 1700. The molecule has 2 unspecified atom stereocenters. The summed E-state index contributed by atoms with van der Waals surface area (Å²) in [6, 6.07) is 33.2. The molecule has 1 fully saturated rings. The minimum atomic E-state index is -0.756. The van der Waals surface area contributed by atoms with Crippen LogP contribution in [0.1, 0.15) is 36.8 Å². The first-order chi connectivity index (χ1) is 24.8. The second kappa shape index (κ2) is 18.2. The molecular formula is C42H50N4O5. The molecule has 1 aliphatic rings. The first kappa shape index (κ1) is 37.1. The van der Waals surface area contributed by atoms with Gasteiger partial charge in [-0.05, 0) is 91.4 Å². The summed E-state index contributed by atoms with van der Waals surface area (Å²) in [4.78, 5) is 45.4. The molecular weight excluding hydrogens is 640 g/mol. The molecule has 0 spiro atoms. The van der Waals surface area contributed by atoms with Crippen LogP contribution < -0.4 is 29.9 Å². The molecule has 4 atom stereocenters. The Labute approximate surface area is 301 Å². The third-order valence-electron chi connectivity index (χ3n) is 9.93. The van der Waals surface area contributed by atoms with Gasteiger partial charge in [0.05, 0.1) is 20.3 Å². The van der Waals surface area contributed by atoms with Gasteiger partial charge in [-0.15, -0.1) is 0 Å². The Balaban J connectivity index is 1.31. The molecule has 268 valence electrons. The van der Waals surface area contributed by atoms with Crippen molar-refractivity contribution >= 4 is 29.1 Å². The quantitative estimate of drug-likeness (QED) is 0.157. The van der Waals surface area contributed by atoms with Gasteiger partial charge in [-0.3, -0.25) is 14.4 Å². The van der Waals surface area contributed by atoms with E-state index in [1.807, 2.05) is 109 Å². The van der Waals surface area contributed by atoms with E-state index in [4.69, 9.17) is 9.47 Å². The van der Waals surface area contributed by atoms with Crippen LogP contribution in [0.4, 0.5) is 11.4 Å². The number of likely N-dealkylation sites (N-methyl/N-ethyl adjacent to an activating group) is 2. The number of hydrogen-bond acceptors (Lipinski definition) is 6. The van der Waals surface area contributed by atoms with E-state index in [1.165, 1.54) is 0 Å². The molecule has 4 aromatic rings. The van der Waals surface area contributed by atoms with E-state index in [0.717, 1.165) is 48.2 Å². The molecule has 51 heavy (non-hydrogen) atoms. The van der Waals surface area contributed by atoms with E-state index in [2.05, 4.69) is 10.6 Å². The lowest BCUT2D eigenvalue weighted by Crippen LogP contribution is -2.53. The standard InChI is InChI=1S/C42H50N4O5/c1-45(33-19-23-35(50-3)24-20-33)41(48)38(27-30-13-7-5-8-14-30)43-29-32-17-11-12-18-37(32)40(47)44-39(28-31-15-9-6-10-16-31)42(49)46(2)34-21-25-36(51-4)26-22-34/h5-10,13-16,19-26,32,37-39,43H,11-12,17-18,27-29H2,1-4H3,(H,44,47)/t32?,37?,38-,39-/m0/s1. The third kappa shape index (κ3) is 9.98. The third-order valence-corrected chi connectivity index (χ3v) is 9.93. The molecule has 0 aliphatic heterocycles. The zero-order valence-electron chi connectivity index (χ0n) is 30.1. The van der Waals surface area contributed by atoms with Gasteiger partial charge < -0.3 is 29.9 Å². The highest BCUT2D eigenvalue weighted by Crippen LogP contribution is 2.31. The Morgan fingerprint density at radius 3 is 1.59 bits per heavy atom. The number of hydrogen-bond donors (Lipinski definition) is 2. The van der Waals surface area contributed by atoms with Crippen molar-refractivity contribution in [2.45, 2.75) is 50.6 Å². The van der Waals surface area contributed by atoms with E-state index in [9.17, 15) is 14.4 Å². The molecule has 0 radical (unpaired) electrons. The molecule has 1 aliphatic carbocycles. The molecule has 4 aromatic carbocycles. The number of ether oxygens (including phenoxy) is 2. The van der Waals surface area contributed by atoms with E-state index in [0.29, 0.717) is 30.8 Å². The van der Waals surface area contributed by atoms with Crippen LogP contribution in [-0.4, -0.2) is 64.7 Å². The van der Waals surface area contributed by atoms with Crippen molar-refractivity contribution in [2.24, 2.45) is 11.8 Å². The summed E-state index contributed by atoms with van der Waals surface area (Å²) in [6.45, 7) is 0.501. The van der Waals surface area contributed by atoms with Crippen LogP contribution in [0.25, 0.3) is 0 Å². The van der Waals surface area contributed by atoms with E-state index in [-0.39, 0.29) is 29.6 Å². The summed E-state index contributed by atoms with van der Waals surface area (Å²) in [5.74, 6) is 0.749. The Morgan fingerprint density at radius 2 is 1.10 bits per heavy atom. The number of anilines is 2. The van der Waals surface area contributed by atoms with Crippen molar-refractivity contribution in [1.82, 2.24) is 10.6 Å². The van der Waals surface area contributed by atoms with Crippen LogP contribution in [0.3, 0.4) is 0 Å². The first-order valence-corrected chi connectivity index (χ1v) is 17.7. The number of rotatable bonds is 15. The second-order valence-electron chi connectivity index (χ2n) is 13.2. The molecule has 9 heteroatoms. The number of nitrogens with one attached hydrogen (secondary N) is 2. The second-order valence-corrected chi connectivity index (χ2v) is 13.2. The van der Waals surface area contributed by atoms with E-state index >= 15 is 0 Å². The van der Waals surface area contributed by atoms with Gasteiger partial charge in [0.2, 0.25) is 17.7 Å².